The van der Waals surface area contributed by atoms with E-state index in [-0.39, 0.29) is 12.6 Å². The van der Waals surface area contributed by atoms with Crippen LogP contribution in [-0.2, 0) is 22.8 Å². The molecule has 0 aromatic heterocycles. The first-order valence-corrected chi connectivity index (χ1v) is 12.6. The average Bonchev–Trinajstić information content (AvgIpc) is 2.76. The molecule has 3 N–H and O–H groups in total. The lowest BCUT2D eigenvalue weighted by Crippen LogP contribution is -2.43. The maximum Gasteiger partial charge on any atom is 0.500 e. The van der Waals surface area contributed by atoms with Gasteiger partial charge in [-0.1, -0.05) is 19.8 Å². The topological polar surface area (TPSA) is 116 Å². The van der Waals surface area contributed by atoms with Gasteiger partial charge in [0.2, 0.25) is 0 Å². The number of hydrogen-bond donors (Lipinski definition) is 3. The van der Waals surface area contributed by atoms with Crippen LogP contribution in [0.4, 0.5) is 9.59 Å². The number of urea groups is 1. The monoisotopic (exact) mass is 451 g/mol. The Morgan fingerprint density at radius 1 is 0.733 bits per heavy atom. The quantitative estimate of drug-likeness (QED) is 0.204. The molecule has 3 amide bonds. The van der Waals surface area contributed by atoms with Gasteiger partial charge in [-0.05, 0) is 25.7 Å². The number of amides is 3. The highest BCUT2D eigenvalue weighted by molar-refractivity contribution is 6.60. The minimum atomic E-state index is -2.57. The summed E-state index contributed by atoms with van der Waals surface area (Å²) in [5, 5.41) is 8.36. The second-order valence-corrected chi connectivity index (χ2v) is 9.76. The lowest BCUT2D eigenvalue weighted by Gasteiger charge is -2.24. The van der Waals surface area contributed by atoms with Gasteiger partial charge in [-0.3, -0.25) is 0 Å². The number of ether oxygens (including phenoxy) is 2. The normalized spacial score (nSPS) is 11.2. The SMILES string of the molecule is CCCOCCOC(=O)NCCCCCCNC(=O)NCCC[Si](OC)(OC)OC. The number of hydrogen-bond acceptors (Lipinski definition) is 7. The maximum atomic E-state index is 11.8. The molecular weight excluding hydrogens is 410 g/mol. The molecule has 0 aliphatic rings. The summed E-state index contributed by atoms with van der Waals surface area (Å²) >= 11 is 0. The van der Waals surface area contributed by atoms with Crippen molar-refractivity contribution in [1.29, 1.82) is 0 Å². The molecule has 0 rings (SSSR count). The highest BCUT2D eigenvalue weighted by Crippen LogP contribution is 2.14. The fraction of sp³-hybridized carbons (Fsp3) is 0.895. The number of carbonyl (C=O) groups excluding carboxylic acids is 2. The first kappa shape index (κ1) is 28.6. The third-order valence-corrected chi connectivity index (χ3v) is 7.18. The lowest BCUT2D eigenvalue weighted by atomic mass is 10.2. The molecule has 0 aromatic rings. The first-order chi connectivity index (χ1) is 14.5. The molecule has 0 aliphatic heterocycles. The van der Waals surface area contributed by atoms with Crippen molar-refractivity contribution >= 4 is 20.9 Å². The molecule has 10 nitrogen and oxygen atoms in total. The Bertz CT molecular complexity index is 432. The number of nitrogens with one attached hydrogen (secondary N) is 3. The van der Waals surface area contributed by atoms with Crippen LogP contribution in [0.25, 0.3) is 0 Å². The fourth-order valence-corrected chi connectivity index (χ4v) is 4.33. The van der Waals surface area contributed by atoms with E-state index in [1.165, 1.54) is 0 Å². The molecule has 0 unspecified atom stereocenters. The van der Waals surface area contributed by atoms with Crippen LogP contribution in [0.5, 0.6) is 0 Å². The summed E-state index contributed by atoms with van der Waals surface area (Å²) in [4.78, 5) is 23.2. The van der Waals surface area contributed by atoms with E-state index in [0.29, 0.717) is 38.9 Å². The summed E-state index contributed by atoms with van der Waals surface area (Å²) in [5.74, 6) is 0. The standard InChI is InChI=1S/C19H41N3O7Si/c1-5-14-28-15-16-29-19(24)22-12-9-7-6-8-11-20-18(23)21-13-10-17-30(25-2,26-3)27-4/h5-17H2,1-4H3,(H,22,24)(H2,20,21,23). The van der Waals surface area contributed by atoms with Crippen LogP contribution in [0.2, 0.25) is 6.04 Å². The number of alkyl carbamates (subject to hydrolysis) is 1. The van der Waals surface area contributed by atoms with E-state index in [2.05, 4.69) is 16.0 Å². The van der Waals surface area contributed by atoms with Crippen LogP contribution in [0.3, 0.4) is 0 Å². The number of rotatable bonds is 19. The molecule has 0 bridgehead atoms. The molecule has 0 aliphatic carbocycles. The molecule has 0 spiro atoms. The smallest absolute Gasteiger partial charge is 0.447 e. The maximum absolute atomic E-state index is 11.8. The second-order valence-electron chi connectivity index (χ2n) is 6.67. The Morgan fingerprint density at radius 2 is 1.30 bits per heavy atom. The van der Waals surface area contributed by atoms with Crippen molar-refractivity contribution in [3.8, 4) is 0 Å². The Kier molecular flexibility index (Phi) is 18.6. The zero-order valence-electron chi connectivity index (χ0n) is 19.1. The van der Waals surface area contributed by atoms with Gasteiger partial charge in [-0.2, -0.15) is 0 Å². The minimum absolute atomic E-state index is 0.179. The summed E-state index contributed by atoms with van der Waals surface area (Å²) in [7, 11) is 2.16. The van der Waals surface area contributed by atoms with Gasteiger partial charge in [0.05, 0.1) is 6.61 Å². The van der Waals surface area contributed by atoms with Crippen LogP contribution < -0.4 is 16.0 Å². The minimum Gasteiger partial charge on any atom is -0.447 e. The molecule has 0 saturated carbocycles. The van der Waals surface area contributed by atoms with Gasteiger partial charge in [-0.25, -0.2) is 9.59 Å². The molecular formula is C19H41N3O7Si. The van der Waals surface area contributed by atoms with Gasteiger partial charge >= 0.3 is 20.9 Å². The zero-order chi connectivity index (χ0) is 22.5. The van der Waals surface area contributed by atoms with Gasteiger partial charge < -0.3 is 38.7 Å². The van der Waals surface area contributed by atoms with E-state index in [4.69, 9.17) is 22.8 Å². The third-order valence-electron chi connectivity index (χ3n) is 4.35. The highest BCUT2D eigenvalue weighted by atomic mass is 28.4. The van der Waals surface area contributed by atoms with Crippen molar-refractivity contribution in [2.75, 3.05) is 60.8 Å². The van der Waals surface area contributed by atoms with Gasteiger partial charge in [0.15, 0.2) is 0 Å². The van der Waals surface area contributed by atoms with Crippen molar-refractivity contribution < 1.29 is 32.3 Å². The van der Waals surface area contributed by atoms with Crippen molar-refractivity contribution in [2.24, 2.45) is 0 Å². The zero-order valence-corrected chi connectivity index (χ0v) is 20.1. The molecule has 0 fully saturated rings. The van der Waals surface area contributed by atoms with Gasteiger partial charge in [0.25, 0.3) is 0 Å². The Hall–Kier alpha value is -1.40. The van der Waals surface area contributed by atoms with Crippen LogP contribution in [0.15, 0.2) is 0 Å². The summed E-state index contributed by atoms with van der Waals surface area (Å²) in [6, 6.07) is 0.465. The van der Waals surface area contributed by atoms with E-state index in [1.807, 2.05) is 6.92 Å². The first-order valence-electron chi connectivity index (χ1n) is 10.7. The van der Waals surface area contributed by atoms with E-state index < -0.39 is 14.9 Å². The van der Waals surface area contributed by atoms with Crippen LogP contribution in [0.1, 0.15) is 45.4 Å². The van der Waals surface area contributed by atoms with Crippen LogP contribution >= 0.6 is 0 Å². The van der Waals surface area contributed by atoms with Gasteiger partial charge in [-0.15, -0.1) is 0 Å². The van der Waals surface area contributed by atoms with E-state index >= 15 is 0 Å². The summed E-state index contributed by atoms with van der Waals surface area (Å²) < 4.78 is 26.2. The predicted molar refractivity (Wildman–Crippen MR) is 117 cm³/mol. The van der Waals surface area contributed by atoms with E-state index in [0.717, 1.165) is 38.5 Å². The Balaban J connectivity index is 3.47. The van der Waals surface area contributed by atoms with E-state index in [1.54, 1.807) is 21.3 Å². The molecule has 178 valence electrons. The van der Waals surface area contributed by atoms with Crippen LogP contribution in [-0.4, -0.2) is 81.7 Å². The van der Waals surface area contributed by atoms with Gasteiger partial charge in [0, 0.05) is 53.6 Å². The summed E-state index contributed by atoms with van der Waals surface area (Å²) in [6.07, 6.45) is 4.97. The molecule has 0 atom stereocenters. The Labute approximate surface area is 182 Å². The van der Waals surface area contributed by atoms with E-state index in [9.17, 15) is 9.59 Å². The van der Waals surface area contributed by atoms with Crippen molar-refractivity contribution in [3.05, 3.63) is 0 Å². The second kappa shape index (κ2) is 19.6. The fourth-order valence-electron chi connectivity index (χ4n) is 2.61. The van der Waals surface area contributed by atoms with Crippen molar-refractivity contribution in [2.45, 2.75) is 51.5 Å². The molecule has 11 heteroatoms. The molecule has 0 radical (unpaired) electrons. The van der Waals surface area contributed by atoms with Crippen molar-refractivity contribution in [3.63, 3.8) is 0 Å². The highest BCUT2D eigenvalue weighted by Gasteiger charge is 2.36. The third kappa shape index (κ3) is 15.4. The molecule has 0 heterocycles. The van der Waals surface area contributed by atoms with Crippen LogP contribution in [0, 0.1) is 0 Å². The summed E-state index contributed by atoms with van der Waals surface area (Å²) in [5.41, 5.74) is 0. The lowest BCUT2D eigenvalue weighted by molar-refractivity contribution is 0.0731. The average molecular weight is 452 g/mol. The predicted octanol–water partition coefficient (Wildman–Crippen LogP) is 2.27. The van der Waals surface area contributed by atoms with Crippen molar-refractivity contribution in [1.82, 2.24) is 16.0 Å². The summed E-state index contributed by atoms with van der Waals surface area (Å²) in [6.45, 7) is 5.14. The molecule has 30 heavy (non-hydrogen) atoms. The Morgan fingerprint density at radius 3 is 1.87 bits per heavy atom. The number of carbonyl (C=O) groups is 2. The van der Waals surface area contributed by atoms with Gasteiger partial charge in [0.1, 0.15) is 6.61 Å². The number of unbranched alkanes of at least 4 members (excludes halogenated alkanes) is 3. The molecule has 0 aromatic carbocycles. The molecule has 0 saturated heterocycles. The largest absolute Gasteiger partial charge is 0.500 e.